The molecule has 0 spiro atoms. The summed E-state index contributed by atoms with van der Waals surface area (Å²) in [5.74, 6) is 1.61. The number of alkyl halides is 2. The van der Waals surface area contributed by atoms with Gasteiger partial charge in [0.25, 0.3) is 0 Å². The van der Waals surface area contributed by atoms with Crippen LogP contribution in [0.2, 0.25) is 0 Å². The fourth-order valence-electron chi connectivity index (χ4n) is 3.99. The number of fused-ring (bicyclic) bond motifs is 5. The van der Waals surface area contributed by atoms with Gasteiger partial charge in [-0.15, -0.1) is 0 Å². The lowest BCUT2D eigenvalue weighted by molar-refractivity contribution is -0.118. The zero-order valence-electron chi connectivity index (χ0n) is 19.4. The van der Waals surface area contributed by atoms with Crippen LogP contribution in [0, 0.1) is 0 Å². The molecule has 1 N–H and O–H groups in total. The lowest BCUT2D eigenvalue weighted by Gasteiger charge is -2.22. The highest BCUT2D eigenvalue weighted by atomic mass is 19.3. The van der Waals surface area contributed by atoms with Crippen LogP contribution in [-0.4, -0.2) is 44.4 Å². The van der Waals surface area contributed by atoms with Crippen molar-refractivity contribution in [2.45, 2.75) is 52.4 Å². The Morgan fingerprint density at radius 2 is 1.29 bits per heavy atom. The zero-order chi connectivity index (χ0) is 23.1. The van der Waals surface area contributed by atoms with Gasteiger partial charge in [0.2, 0.25) is 13.3 Å². The van der Waals surface area contributed by atoms with Crippen molar-refractivity contribution in [2.24, 2.45) is 0 Å². The highest BCUT2D eigenvalue weighted by Gasteiger charge is 2.43. The molecule has 2 atom stereocenters. The predicted molar refractivity (Wildman–Crippen MR) is 126 cm³/mol. The number of piperazine rings is 1. The summed E-state index contributed by atoms with van der Waals surface area (Å²) in [5.41, 5.74) is 6.28. The molecule has 0 radical (unpaired) electrons. The molecule has 1 amide bonds. The number of nitrogens with zero attached hydrogens (tertiary/aromatic N) is 1. The number of hydrogen-bond donors (Lipinski definition) is 1. The molecule has 5 heteroatoms. The Kier molecular flexibility index (Phi) is 13.4. The van der Waals surface area contributed by atoms with E-state index in [1.807, 2.05) is 27.7 Å². The van der Waals surface area contributed by atoms with Crippen molar-refractivity contribution in [3.63, 3.8) is 0 Å². The first-order chi connectivity index (χ1) is 15.3. The van der Waals surface area contributed by atoms with E-state index in [0.29, 0.717) is 0 Å². The minimum atomic E-state index is -1.75. The summed E-state index contributed by atoms with van der Waals surface area (Å²) in [4.78, 5) is 11.8. The standard InChI is InChI=1S/C16H14.C5H10N2O.2C2H6.CH2F2/c1-3-7-13-11(5-1)9-12-6-2-4-8-14(12)16-10-15(13)16;8-5-7-3-1-6-2-4-7;2*1-2;2-1-3/h1-8,15-16H,9-10H2;5-6H,1-4H2;2*1-2H3;1H2. The minimum absolute atomic E-state index is 0.805. The van der Waals surface area contributed by atoms with Crippen LogP contribution >= 0.6 is 0 Å². The molecule has 2 aromatic carbocycles. The zero-order valence-corrected chi connectivity index (χ0v) is 19.4. The second-order valence-electron chi connectivity index (χ2n) is 7.02. The van der Waals surface area contributed by atoms with E-state index in [9.17, 15) is 13.6 Å². The predicted octanol–water partition coefficient (Wildman–Crippen LogP) is 5.85. The number of carbonyl (C=O) groups excluding carboxylic acids is 1. The van der Waals surface area contributed by atoms with Gasteiger partial charge < -0.3 is 10.2 Å². The summed E-state index contributed by atoms with van der Waals surface area (Å²) in [5, 5.41) is 3.15. The van der Waals surface area contributed by atoms with Crippen molar-refractivity contribution < 1.29 is 13.6 Å². The van der Waals surface area contributed by atoms with Gasteiger partial charge in [0.1, 0.15) is 0 Å². The van der Waals surface area contributed by atoms with Gasteiger partial charge in [-0.2, -0.15) is 0 Å². The van der Waals surface area contributed by atoms with Gasteiger partial charge in [-0.05, 0) is 46.9 Å². The number of halogens is 2. The van der Waals surface area contributed by atoms with Crippen LogP contribution in [0.3, 0.4) is 0 Å². The van der Waals surface area contributed by atoms with Crippen molar-refractivity contribution in [2.75, 3.05) is 33.1 Å². The molecule has 2 unspecified atom stereocenters. The van der Waals surface area contributed by atoms with E-state index in [-0.39, 0.29) is 0 Å². The van der Waals surface area contributed by atoms with Crippen LogP contribution < -0.4 is 5.32 Å². The van der Waals surface area contributed by atoms with Crippen LogP contribution in [0.5, 0.6) is 0 Å². The van der Waals surface area contributed by atoms with Crippen molar-refractivity contribution in [1.29, 1.82) is 0 Å². The number of carbonyl (C=O) groups is 1. The largest absolute Gasteiger partial charge is 0.343 e. The first-order valence-electron chi connectivity index (χ1n) is 11.5. The van der Waals surface area contributed by atoms with Gasteiger partial charge in [-0.3, -0.25) is 4.79 Å². The molecule has 1 aliphatic heterocycles. The first kappa shape index (κ1) is 26.8. The lowest BCUT2D eigenvalue weighted by Crippen LogP contribution is -2.42. The van der Waals surface area contributed by atoms with Gasteiger partial charge in [0.15, 0.2) is 0 Å². The number of rotatable bonds is 1. The van der Waals surface area contributed by atoms with Gasteiger partial charge in [-0.25, -0.2) is 8.78 Å². The maximum Gasteiger partial charge on any atom is 0.229 e. The molecule has 0 bridgehead atoms. The van der Waals surface area contributed by atoms with Gasteiger partial charge in [0, 0.05) is 26.2 Å². The Balaban J connectivity index is 0.000000272. The second-order valence-corrected chi connectivity index (χ2v) is 7.02. The van der Waals surface area contributed by atoms with E-state index in [1.165, 1.54) is 6.42 Å². The molecule has 5 rings (SSSR count). The van der Waals surface area contributed by atoms with Gasteiger partial charge in [0.05, 0.1) is 0 Å². The topological polar surface area (TPSA) is 32.3 Å². The van der Waals surface area contributed by atoms with Crippen LogP contribution in [0.15, 0.2) is 48.5 Å². The molecular formula is C26H38F2N2O. The summed E-state index contributed by atoms with van der Waals surface area (Å²) < 4.78 is 19.2. The minimum Gasteiger partial charge on any atom is -0.343 e. The maximum atomic E-state index is 10.1. The average Bonchev–Trinajstić information content (AvgIpc) is 3.65. The third-order valence-electron chi connectivity index (χ3n) is 5.38. The number of amides is 1. The first-order valence-corrected chi connectivity index (χ1v) is 11.5. The fraction of sp³-hybridized carbons (Fsp3) is 0.500. The molecule has 172 valence electrons. The van der Waals surface area contributed by atoms with Crippen molar-refractivity contribution >= 4 is 6.41 Å². The highest BCUT2D eigenvalue weighted by Crippen LogP contribution is 2.58. The van der Waals surface area contributed by atoms with Crippen LogP contribution in [0.4, 0.5) is 8.78 Å². The number of hydrogen-bond acceptors (Lipinski definition) is 2. The molecule has 2 fully saturated rings. The Hall–Kier alpha value is -2.27. The molecule has 0 aromatic heterocycles. The molecule has 1 heterocycles. The molecule has 31 heavy (non-hydrogen) atoms. The molecule has 3 aliphatic rings. The maximum absolute atomic E-state index is 10.1. The number of benzene rings is 2. The third kappa shape index (κ3) is 8.06. The monoisotopic (exact) mass is 432 g/mol. The van der Waals surface area contributed by atoms with Gasteiger partial charge >= 0.3 is 0 Å². The Morgan fingerprint density at radius 1 is 0.871 bits per heavy atom. The second kappa shape index (κ2) is 15.5. The van der Waals surface area contributed by atoms with Gasteiger partial charge in [-0.1, -0.05) is 76.2 Å². The van der Waals surface area contributed by atoms with Crippen LogP contribution in [0.25, 0.3) is 0 Å². The van der Waals surface area contributed by atoms with E-state index >= 15 is 0 Å². The van der Waals surface area contributed by atoms with Crippen molar-refractivity contribution in [3.8, 4) is 0 Å². The molecule has 3 nitrogen and oxygen atoms in total. The highest BCUT2D eigenvalue weighted by molar-refractivity contribution is 5.49. The smallest absolute Gasteiger partial charge is 0.229 e. The van der Waals surface area contributed by atoms with E-state index in [4.69, 9.17) is 0 Å². The molecule has 2 aliphatic carbocycles. The lowest BCUT2D eigenvalue weighted by atomic mass is 9.98. The van der Waals surface area contributed by atoms with E-state index in [1.54, 1.807) is 27.2 Å². The summed E-state index contributed by atoms with van der Waals surface area (Å²) in [7, 11) is 0. The third-order valence-corrected chi connectivity index (χ3v) is 5.38. The fourth-order valence-corrected chi connectivity index (χ4v) is 3.99. The SMILES string of the molecule is CC.CC.FCF.O=CN1CCNCC1.c1ccc2c(c1)Cc1ccccc1C1CC21. The van der Waals surface area contributed by atoms with E-state index in [2.05, 4.69) is 53.8 Å². The summed E-state index contributed by atoms with van der Waals surface area (Å²) >= 11 is 0. The normalized spacial score (nSPS) is 19.2. The number of nitrogens with one attached hydrogen (secondary N) is 1. The molecule has 1 saturated carbocycles. The molecule has 1 saturated heterocycles. The van der Waals surface area contributed by atoms with Crippen molar-refractivity contribution in [3.05, 3.63) is 70.8 Å². The van der Waals surface area contributed by atoms with Crippen molar-refractivity contribution in [1.82, 2.24) is 10.2 Å². The molecular weight excluding hydrogens is 394 g/mol. The quantitative estimate of drug-likeness (QED) is 0.574. The Bertz CT molecular complexity index is 698. The van der Waals surface area contributed by atoms with Crippen LogP contribution in [-0.2, 0) is 11.2 Å². The summed E-state index contributed by atoms with van der Waals surface area (Å²) in [6, 6.07) is 18.0. The Labute approximate surface area is 186 Å². The summed E-state index contributed by atoms with van der Waals surface area (Å²) in [6.45, 7) is 9.87. The summed E-state index contributed by atoms with van der Waals surface area (Å²) in [6.07, 6.45) is 3.38. The van der Waals surface area contributed by atoms with E-state index < -0.39 is 6.93 Å². The Morgan fingerprint density at radius 3 is 1.68 bits per heavy atom. The molecule has 2 aromatic rings. The van der Waals surface area contributed by atoms with E-state index in [0.717, 1.165) is 50.8 Å². The van der Waals surface area contributed by atoms with Crippen LogP contribution in [0.1, 0.15) is 68.2 Å². The average molecular weight is 433 g/mol.